The second-order valence-electron chi connectivity index (χ2n) is 6.96. The first kappa shape index (κ1) is 18.9. The van der Waals surface area contributed by atoms with Crippen LogP contribution in [0.5, 0.6) is 0 Å². The third-order valence-corrected chi connectivity index (χ3v) is 5.62. The lowest BCUT2D eigenvalue weighted by molar-refractivity contribution is 0.0164. The SMILES string of the molecule is CCCC1CCCC(CN)(N(CCOC)C(C)CC)CC1. The van der Waals surface area contributed by atoms with Crippen LogP contribution in [-0.2, 0) is 4.74 Å². The molecule has 0 aliphatic heterocycles. The molecule has 3 nitrogen and oxygen atoms in total. The van der Waals surface area contributed by atoms with Crippen LogP contribution in [0, 0.1) is 5.92 Å². The van der Waals surface area contributed by atoms with Crippen molar-refractivity contribution in [3.05, 3.63) is 0 Å². The lowest BCUT2D eigenvalue weighted by atomic mass is 9.85. The Balaban J connectivity index is 2.82. The Morgan fingerprint density at radius 3 is 2.62 bits per heavy atom. The Morgan fingerprint density at radius 1 is 1.29 bits per heavy atom. The lowest BCUT2D eigenvalue weighted by Crippen LogP contribution is -2.57. The molecule has 1 saturated carbocycles. The summed E-state index contributed by atoms with van der Waals surface area (Å²) in [6.07, 6.45) is 10.5. The molecule has 0 aromatic heterocycles. The van der Waals surface area contributed by atoms with Crippen LogP contribution in [0.3, 0.4) is 0 Å². The highest BCUT2D eigenvalue weighted by Crippen LogP contribution is 2.37. The molecule has 3 atom stereocenters. The van der Waals surface area contributed by atoms with Gasteiger partial charge in [-0.1, -0.05) is 39.5 Å². The van der Waals surface area contributed by atoms with Crippen molar-refractivity contribution < 1.29 is 4.74 Å². The van der Waals surface area contributed by atoms with E-state index in [4.69, 9.17) is 10.5 Å². The largest absolute Gasteiger partial charge is 0.383 e. The van der Waals surface area contributed by atoms with Crippen LogP contribution in [0.4, 0.5) is 0 Å². The van der Waals surface area contributed by atoms with Gasteiger partial charge in [-0.05, 0) is 38.5 Å². The number of nitrogens with zero attached hydrogens (tertiary/aromatic N) is 1. The minimum absolute atomic E-state index is 0.205. The third kappa shape index (κ3) is 5.22. The maximum Gasteiger partial charge on any atom is 0.0590 e. The molecule has 0 amide bonds. The second-order valence-corrected chi connectivity index (χ2v) is 6.96. The lowest BCUT2D eigenvalue weighted by Gasteiger charge is -2.46. The third-order valence-electron chi connectivity index (χ3n) is 5.62. The van der Waals surface area contributed by atoms with Gasteiger partial charge in [0.1, 0.15) is 0 Å². The zero-order chi connectivity index (χ0) is 15.7. The molecule has 0 radical (unpaired) electrons. The van der Waals surface area contributed by atoms with E-state index >= 15 is 0 Å². The van der Waals surface area contributed by atoms with Gasteiger partial charge in [0.2, 0.25) is 0 Å². The molecule has 3 unspecified atom stereocenters. The number of rotatable bonds is 9. The van der Waals surface area contributed by atoms with E-state index in [0.29, 0.717) is 6.04 Å². The van der Waals surface area contributed by atoms with Crippen molar-refractivity contribution >= 4 is 0 Å². The molecule has 0 bridgehead atoms. The highest BCUT2D eigenvalue weighted by Gasteiger charge is 2.38. The maximum atomic E-state index is 6.31. The Bertz CT molecular complexity index is 272. The summed E-state index contributed by atoms with van der Waals surface area (Å²) in [7, 11) is 1.80. The molecular weight excluding hydrogens is 260 g/mol. The van der Waals surface area contributed by atoms with Gasteiger partial charge in [-0.2, -0.15) is 0 Å². The van der Waals surface area contributed by atoms with Gasteiger partial charge in [0.05, 0.1) is 6.61 Å². The molecule has 21 heavy (non-hydrogen) atoms. The zero-order valence-corrected chi connectivity index (χ0v) is 14.9. The number of hydrogen-bond donors (Lipinski definition) is 1. The fourth-order valence-electron chi connectivity index (χ4n) is 4.10. The Hall–Kier alpha value is -0.120. The van der Waals surface area contributed by atoms with Crippen LogP contribution < -0.4 is 5.73 Å². The quantitative estimate of drug-likeness (QED) is 0.658. The average molecular weight is 299 g/mol. The minimum atomic E-state index is 0.205. The van der Waals surface area contributed by atoms with E-state index in [1.165, 1.54) is 51.4 Å². The molecule has 126 valence electrons. The van der Waals surface area contributed by atoms with Crippen molar-refractivity contribution in [3.63, 3.8) is 0 Å². The van der Waals surface area contributed by atoms with Crippen LogP contribution >= 0.6 is 0 Å². The monoisotopic (exact) mass is 298 g/mol. The summed E-state index contributed by atoms with van der Waals surface area (Å²) in [5.74, 6) is 0.921. The van der Waals surface area contributed by atoms with Crippen molar-refractivity contribution in [2.45, 2.75) is 83.7 Å². The van der Waals surface area contributed by atoms with E-state index in [0.717, 1.165) is 25.6 Å². The summed E-state index contributed by atoms with van der Waals surface area (Å²) in [6, 6.07) is 0.589. The van der Waals surface area contributed by atoms with Gasteiger partial charge in [0.15, 0.2) is 0 Å². The average Bonchev–Trinajstić information content (AvgIpc) is 2.71. The molecule has 0 heterocycles. The Morgan fingerprint density at radius 2 is 2.05 bits per heavy atom. The number of nitrogens with two attached hydrogens (primary N) is 1. The molecule has 1 rings (SSSR count). The predicted molar refractivity (Wildman–Crippen MR) is 91.6 cm³/mol. The van der Waals surface area contributed by atoms with Gasteiger partial charge in [-0.25, -0.2) is 0 Å². The first-order valence-electron chi connectivity index (χ1n) is 9.09. The van der Waals surface area contributed by atoms with E-state index in [9.17, 15) is 0 Å². The van der Waals surface area contributed by atoms with Gasteiger partial charge in [-0.3, -0.25) is 4.90 Å². The van der Waals surface area contributed by atoms with Gasteiger partial charge in [0.25, 0.3) is 0 Å². The first-order chi connectivity index (χ1) is 10.1. The highest BCUT2D eigenvalue weighted by molar-refractivity contribution is 4.96. The van der Waals surface area contributed by atoms with Crippen LogP contribution in [0.2, 0.25) is 0 Å². The zero-order valence-electron chi connectivity index (χ0n) is 14.9. The summed E-state index contributed by atoms with van der Waals surface area (Å²) in [4.78, 5) is 2.67. The van der Waals surface area contributed by atoms with Gasteiger partial charge in [0, 0.05) is 31.8 Å². The standard InChI is InChI=1S/C18H38N2O/c1-5-8-17-9-7-11-18(15-19,12-10-17)20(13-14-21-4)16(3)6-2/h16-17H,5-15,19H2,1-4H3. The molecule has 1 fully saturated rings. The van der Waals surface area contributed by atoms with Crippen LogP contribution in [0.1, 0.15) is 72.1 Å². The van der Waals surface area contributed by atoms with E-state index in [2.05, 4.69) is 25.7 Å². The van der Waals surface area contributed by atoms with Crippen molar-refractivity contribution in [2.24, 2.45) is 11.7 Å². The van der Waals surface area contributed by atoms with Crippen molar-refractivity contribution in [1.82, 2.24) is 4.90 Å². The van der Waals surface area contributed by atoms with E-state index in [1.807, 2.05) is 0 Å². The summed E-state index contributed by atoms with van der Waals surface area (Å²) < 4.78 is 5.36. The van der Waals surface area contributed by atoms with E-state index in [-0.39, 0.29) is 5.54 Å². The number of hydrogen-bond acceptors (Lipinski definition) is 3. The van der Waals surface area contributed by atoms with E-state index < -0.39 is 0 Å². The molecule has 1 aliphatic rings. The molecule has 0 aromatic rings. The molecular formula is C18H38N2O. The summed E-state index contributed by atoms with van der Waals surface area (Å²) in [6.45, 7) is 9.56. The summed E-state index contributed by atoms with van der Waals surface area (Å²) in [5.41, 5.74) is 6.51. The Kier molecular flexibility index (Phi) is 8.84. The second kappa shape index (κ2) is 9.81. The summed E-state index contributed by atoms with van der Waals surface area (Å²) in [5, 5.41) is 0. The normalized spacial score (nSPS) is 28.6. The van der Waals surface area contributed by atoms with Gasteiger partial charge < -0.3 is 10.5 Å². The fourth-order valence-corrected chi connectivity index (χ4v) is 4.10. The molecule has 0 spiro atoms. The van der Waals surface area contributed by atoms with Crippen LogP contribution in [0.15, 0.2) is 0 Å². The fraction of sp³-hybridized carbons (Fsp3) is 1.00. The van der Waals surface area contributed by atoms with Crippen molar-refractivity contribution in [1.29, 1.82) is 0 Å². The molecule has 0 saturated heterocycles. The summed E-state index contributed by atoms with van der Waals surface area (Å²) >= 11 is 0. The topological polar surface area (TPSA) is 38.5 Å². The van der Waals surface area contributed by atoms with E-state index in [1.54, 1.807) is 7.11 Å². The molecule has 2 N–H and O–H groups in total. The first-order valence-corrected chi connectivity index (χ1v) is 9.09. The molecule has 1 aliphatic carbocycles. The van der Waals surface area contributed by atoms with Gasteiger partial charge >= 0.3 is 0 Å². The maximum absolute atomic E-state index is 6.31. The molecule has 0 aromatic carbocycles. The van der Waals surface area contributed by atoms with Crippen LogP contribution in [-0.4, -0.2) is 43.3 Å². The molecule has 3 heteroatoms. The highest BCUT2D eigenvalue weighted by atomic mass is 16.5. The smallest absolute Gasteiger partial charge is 0.0590 e. The number of ether oxygens (including phenoxy) is 1. The van der Waals surface area contributed by atoms with Crippen LogP contribution in [0.25, 0.3) is 0 Å². The minimum Gasteiger partial charge on any atom is -0.383 e. The van der Waals surface area contributed by atoms with Crippen molar-refractivity contribution in [3.8, 4) is 0 Å². The van der Waals surface area contributed by atoms with Gasteiger partial charge in [-0.15, -0.1) is 0 Å². The predicted octanol–water partition coefficient (Wildman–Crippen LogP) is 3.81. The number of methoxy groups -OCH3 is 1. The Labute approximate surface area is 132 Å². The van der Waals surface area contributed by atoms with Crippen molar-refractivity contribution in [2.75, 3.05) is 26.8 Å².